The van der Waals surface area contributed by atoms with Crippen molar-refractivity contribution in [1.29, 1.82) is 0 Å². The predicted molar refractivity (Wildman–Crippen MR) is 118 cm³/mol. The standard InChI is InChI=1S/C23H25ClN4O2/c1-13-18(21-8-9-26-28(21)3)10-15(24)11-19(13)22(29)25-12-20-17-7-5-4-6-16(17)14(2)27-23(20)30/h8-11H,4-7,12H2,1-3H3,(H,25,29)(H,27,30). The number of pyridine rings is 1. The summed E-state index contributed by atoms with van der Waals surface area (Å²) in [5.41, 5.74) is 6.87. The molecule has 3 aromatic rings. The lowest BCUT2D eigenvalue weighted by atomic mass is 9.88. The van der Waals surface area contributed by atoms with E-state index in [1.54, 1.807) is 16.9 Å². The highest BCUT2D eigenvalue weighted by atomic mass is 35.5. The lowest BCUT2D eigenvalue weighted by Gasteiger charge is -2.21. The minimum absolute atomic E-state index is 0.119. The molecule has 0 aliphatic heterocycles. The molecule has 0 radical (unpaired) electrons. The van der Waals surface area contributed by atoms with Gasteiger partial charge in [-0.3, -0.25) is 14.3 Å². The molecule has 0 bridgehead atoms. The monoisotopic (exact) mass is 424 g/mol. The van der Waals surface area contributed by atoms with Gasteiger partial charge in [-0.05, 0) is 74.4 Å². The Morgan fingerprint density at radius 2 is 1.97 bits per heavy atom. The topological polar surface area (TPSA) is 79.8 Å². The zero-order chi connectivity index (χ0) is 21.4. The summed E-state index contributed by atoms with van der Waals surface area (Å²) in [7, 11) is 1.85. The zero-order valence-electron chi connectivity index (χ0n) is 17.4. The summed E-state index contributed by atoms with van der Waals surface area (Å²) in [6.07, 6.45) is 5.76. The molecule has 6 nitrogen and oxygen atoms in total. The van der Waals surface area contributed by atoms with E-state index in [1.165, 1.54) is 5.56 Å². The van der Waals surface area contributed by atoms with Crippen LogP contribution < -0.4 is 10.9 Å². The number of benzene rings is 1. The Balaban J connectivity index is 1.64. The maximum absolute atomic E-state index is 13.0. The summed E-state index contributed by atoms with van der Waals surface area (Å²) in [6.45, 7) is 4.04. The van der Waals surface area contributed by atoms with Gasteiger partial charge in [0.2, 0.25) is 0 Å². The zero-order valence-corrected chi connectivity index (χ0v) is 18.2. The molecule has 2 aromatic heterocycles. The molecule has 1 aliphatic rings. The fourth-order valence-corrected chi connectivity index (χ4v) is 4.60. The fourth-order valence-electron chi connectivity index (χ4n) is 4.38. The number of nitrogens with one attached hydrogen (secondary N) is 2. The van der Waals surface area contributed by atoms with Gasteiger partial charge in [0.25, 0.3) is 11.5 Å². The highest BCUT2D eigenvalue weighted by Gasteiger charge is 2.21. The van der Waals surface area contributed by atoms with Gasteiger partial charge in [0.15, 0.2) is 0 Å². The van der Waals surface area contributed by atoms with Crippen molar-refractivity contribution in [2.45, 2.75) is 46.1 Å². The van der Waals surface area contributed by atoms with E-state index in [-0.39, 0.29) is 18.0 Å². The van der Waals surface area contributed by atoms with E-state index in [0.29, 0.717) is 16.1 Å². The summed E-state index contributed by atoms with van der Waals surface area (Å²) in [4.78, 5) is 28.6. The first kappa shape index (κ1) is 20.4. The van der Waals surface area contributed by atoms with Crippen LogP contribution in [0.2, 0.25) is 5.02 Å². The van der Waals surface area contributed by atoms with Gasteiger partial charge in [-0.2, -0.15) is 5.10 Å². The van der Waals surface area contributed by atoms with Crippen LogP contribution in [-0.4, -0.2) is 20.7 Å². The molecular weight excluding hydrogens is 400 g/mol. The van der Waals surface area contributed by atoms with Crippen LogP contribution in [0.15, 0.2) is 29.2 Å². The Morgan fingerprint density at radius 3 is 2.67 bits per heavy atom. The molecule has 2 heterocycles. The lowest BCUT2D eigenvalue weighted by Crippen LogP contribution is -2.30. The third-order valence-corrected chi connectivity index (χ3v) is 6.22. The van der Waals surface area contributed by atoms with Gasteiger partial charge >= 0.3 is 0 Å². The van der Waals surface area contributed by atoms with E-state index in [9.17, 15) is 9.59 Å². The van der Waals surface area contributed by atoms with Crippen molar-refractivity contribution >= 4 is 17.5 Å². The van der Waals surface area contributed by atoms with Crippen LogP contribution in [-0.2, 0) is 26.4 Å². The van der Waals surface area contributed by atoms with Gasteiger partial charge in [0, 0.05) is 47.2 Å². The molecule has 0 saturated carbocycles. The van der Waals surface area contributed by atoms with Crippen LogP contribution in [0.5, 0.6) is 0 Å². The molecule has 2 N–H and O–H groups in total. The number of hydrogen-bond acceptors (Lipinski definition) is 3. The molecule has 1 aliphatic carbocycles. The molecule has 7 heteroatoms. The van der Waals surface area contributed by atoms with Crippen LogP contribution in [0.1, 0.15) is 51.1 Å². The smallest absolute Gasteiger partial charge is 0.253 e. The molecule has 4 rings (SSSR count). The van der Waals surface area contributed by atoms with Crippen LogP contribution in [0.4, 0.5) is 0 Å². The highest BCUT2D eigenvalue weighted by Crippen LogP contribution is 2.29. The second-order valence-electron chi connectivity index (χ2n) is 7.87. The number of carbonyl (C=O) groups is 1. The summed E-state index contributed by atoms with van der Waals surface area (Å²) in [5.74, 6) is -0.247. The number of amides is 1. The number of fused-ring (bicyclic) bond motifs is 1. The largest absolute Gasteiger partial charge is 0.348 e. The molecule has 0 atom stereocenters. The van der Waals surface area contributed by atoms with Crippen molar-refractivity contribution in [2.24, 2.45) is 7.05 Å². The Labute approximate surface area is 180 Å². The summed E-state index contributed by atoms with van der Waals surface area (Å²) in [5, 5.41) is 7.63. The summed E-state index contributed by atoms with van der Waals surface area (Å²) in [6, 6.07) is 5.39. The number of aromatic nitrogens is 3. The maximum atomic E-state index is 13.0. The molecule has 30 heavy (non-hydrogen) atoms. The van der Waals surface area contributed by atoms with E-state index in [0.717, 1.165) is 53.8 Å². The number of rotatable bonds is 4. The second-order valence-corrected chi connectivity index (χ2v) is 8.31. The van der Waals surface area contributed by atoms with Crippen molar-refractivity contribution in [2.75, 3.05) is 0 Å². The minimum Gasteiger partial charge on any atom is -0.348 e. The Hall–Kier alpha value is -2.86. The average molecular weight is 425 g/mol. The number of aryl methyl sites for hydroxylation is 2. The molecular formula is C23H25ClN4O2. The number of hydrogen-bond donors (Lipinski definition) is 2. The Bertz CT molecular complexity index is 1190. The van der Waals surface area contributed by atoms with E-state index < -0.39 is 0 Å². The number of H-pyrrole nitrogens is 1. The molecule has 156 valence electrons. The Kier molecular flexibility index (Phi) is 5.52. The van der Waals surface area contributed by atoms with Crippen molar-refractivity contribution in [3.05, 3.63) is 73.3 Å². The molecule has 0 fully saturated rings. The summed E-state index contributed by atoms with van der Waals surface area (Å²) >= 11 is 6.33. The summed E-state index contributed by atoms with van der Waals surface area (Å²) < 4.78 is 1.75. The number of carbonyl (C=O) groups excluding carboxylic acids is 1. The number of nitrogens with zero attached hydrogens (tertiary/aromatic N) is 2. The van der Waals surface area contributed by atoms with Gasteiger partial charge in [0.05, 0.1) is 5.69 Å². The van der Waals surface area contributed by atoms with E-state index in [4.69, 9.17) is 11.6 Å². The predicted octanol–water partition coefficient (Wildman–Crippen LogP) is 3.85. The lowest BCUT2D eigenvalue weighted by molar-refractivity contribution is 0.0950. The maximum Gasteiger partial charge on any atom is 0.253 e. The van der Waals surface area contributed by atoms with E-state index in [1.807, 2.05) is 33.0 Å². The normalized spacial score (nSPS) is 13.2. The first-order chi connectivity index (χ1) is 14.4. The van der Waals surface area contributed by atoms with Gasteiger partial charge in [-0.15, -0.1) is 0 Å². The van der Waals surface area contributed by atoms with Crippen molar-refractivity contribution in [1.82, 2.24) is 20.1 Å². The van der Waals surface area contributed by atoms with Crippen LogP contribution >= 0.6 is 11.6 Å². The van der Waals surface area contributed by atoms with Crippen LogP contribution in [0.3, 0.4) is 0 Å². The number of aromatic amines is 1. The molecule has 1 aromatic carbocycles. The molecule has 0 unspecified atom stereocenters. The molecule has 0 saturated heterocycles. The number of halogens is 1. The molecule has 0 spiro atoms. The quantitative estimate of drug-likeness (QED) is 0.667. The van der Waals surface area contributed by atoms with Crippen molar-refractivity contribution < 1.29 is 4.79 Å². The average Bonchev–Trinajstić information content (AvgIpc) is 3.14. The van der Waals surface area contributed by atoms with Gasteiger partial charge in [0.1, 0.15) is 0 Å². The third-order valence-electron chi connectivity index (χ3n) is 6.00. The first-order valence-corrected chi connectivity index (χ1v) is 10.5. The van der Waals surface area contributed by atoms with E-state index in [2.05, 4.69) is 15.4 Å². The second kappa shape index (κ2) is 8.11. The highest BCUT2D eigenvalue weighted by molar-refractivity contribution is 6.31. The fraction of sp³-hybridized carbons (Fsp3) is 0.348. The SMILES string of the molecule is Cc1[nH]c(=O)c(CNC(=O)c2cc(Cl)cc(-c3ccnn3C)c2C)c2c1CCCC2. The first-order valence-electron chi connectivity index (χ1n) is 10.2. The van der Waals surface area contributed by atoms with E-state index >= 15 is 0 Å². The minimum atomic E-state index is -0.247. The van der Waals surface area contributed by atoms with Gasteiger partial charge in [-0.1, -0.05) is 11.6 Å². The van der Waals surface area contributed by atoms with Gasteiger partial charge < -0.3 is 10.3 Å². The van der Waals surface area contributed by atoms with Crippen LogP contribution in [0.25, 0.3) is 11.3 Å². The third kappa shape index (κ3) is 3.67. The van der Waals surface area contributed by atoms with Gasteiger partial charge in [-0.25, -0.2) is 0 Å². The van der Waals surface area contributed by atoms with Crippen molar-refractivity contribution in [3.8, 4) is 11.3 Å². The molecule has 1 amide bonds. The van der Waals surface area contributed by atoms with Crippen molar-refractivity contribution in [3.63, 3.8) is 0 Å². The Morgan fingerprint density at radius 1 is 1.23 bits per heavy atom. The van der Waals surface area contributed by atoms with Crippen LogP contribution in [0, 0.1) is 13.8 Å².